The lowest BCUT2D eigenvalue weighted by Gasteiger charge is -2.15. The molecule has 18 heavy (non-hydrogen) atoms. The summed E-state index contributed by atoms with van der Waals surface area (Å²) < 4.78 is 0. The number of amides is 1. The lowest BCUT2D eigenvalue weighted by atomic mass is 10.3. The normalized spacial score (nSPS) is 10.1. The fourth-order valence-electron chi connectivity index (χ4n) is 1.46. The molecule has 6 nitrogen and oxygen atoms in total. The maximum Gasteiger partial charge on any atom is 0.274 e. The zero-order chi connectivity index (χ0) is 13.0. The monoisotopic (exact) mass is 263 g/mol. The molecular formula is C11H13N5OS. The van der Waals surface area contributed by atoms with Crippen molar-refractivity contribution in [2.45, 2.75) is 6.54 Å². The smallest absolute Gasteiger partial charge is 0.274 e. The molecule has 0 aliphatic carbocycles. The Kier molecular flexibility index (Phi) is 3.85. The summed E-state index contributed by atoms with van der Waals surface area (Å²) in [4.78, 5) is 21.6. The number of nitrogen functional groups attached to an aromatic ring is 1. The summed E-state index contributed by atoms with van der Waals surface area (Å²) in [7, 11) is 1.73. The van der Waals surface area contributed by atoms with Crippen LogP contribution in [-0.2, 0) is 6.54 Å². The first-order chi connectivity index (χ1) is 8.70. The molecule has 0 saturated carbocycles. The molecular weight excluding hydrogens is 250 g/mol. The van der Waals surface area contributed by atoms with E-state index in [0.29, 0.717) is 12.4 Å². The van der Waals surface area contributed by atoms with Gasteiger partial charge in [0.25, 0.3) is 5.91 Å². The molecule has 0 radical (unpaired) electrons. The van der Waals surface area contributed by atoms with E-state index in [2.05, 4.69) is 15.4 Å². The van der Waals surface area contributed by atoms with Gasteiger partial charge in [-0.25, -0.2) is 10.8 Å². The fraction of sp³-hybridized carbons (Fsp3) is 0.182. The van der Waals surface area contributed by atoms with Crippen molar-refractivity contribution >= 4 is 23.1 Å². The Morgan fingerprint density at radius 1 is 1.56 bits per heavy atom. The van der Waals surface area contributed by atoms with Crippen LogP contribution in [0.5, 0.6) is 0 Å². The van der Waals surface area contributed by atoms with Gasteiger partial charge in [0.2, 0.25) is 0 Å². The minimum Gasteiger partial charge on any atom is -0.336 e. The quantitative estimate of drug-likeness (QED) is 0.637. The Hall–Kier alpha value is -1.99. The molecule has 2 aromatic rings. The van der Waals surface area contributed by atoms with Crippen LogP contribution in [-0.4, -0.2) is 27.8 Å². The third kappa shape index (κ3) is 2.82. The molecule has 0 atom stereocenters. The van der Waals surface area contributed by atoms with Crippen molar-refractivity contribution in [3.63, 3.8) is 0 Å². The van der Waals surface area contributed by atoms with Crippen molar-refractivity contribution in [2.75, 3.05) is 12.5 Å². The SMILES string of the molecule is CN(Cc1ccsc1)C(=O)c1cncc(NN)n1. The molecule has 0 saturated heterocycles. The van der Waals surface area contributed by atoms with Gasteiger partial charge in [-0.15, -0.1) is 0 Å². The molecule has 0 aliphatic heterocycles. The van der Waals surface area contributed by atoms with Gasteiger partial charge < -0.3 is 10.3 Å². The van der Waals surface area contributed by atoms with Crippen LogP contribution in [0.3, 0.4) is 0 Å². The highest BCUT2D eigenvalue weighted by Crippen LogP contribution is 2.10. The van der Waals surface area contributed by atoms with Crippen LogP contribution in [0.2, 0.25) is 0 Å². The Morgan fingerprint density at radius 2 is 2.39 bits per heavy atom. The highest BCUT2D eigenvalue weighted by molar-refractivity contribution is 7.07. The predicted molar refractivity (Wildman–Crippen MR) is 70.0 cm³/mol. The Labute approximate surface area is 108 Å². The van der Waals surface area contributed by atoms with Crippen molar-refractivity contribution in [3.05, 3.63) is 40.5 Å². The van der Waals surface area contributed by atoms with Gasteiger partial charge in [-0.2, -0.15) is 11.3 Å². The number of hydrazine groups is 1. The summed E-state index contributed by atoms with van der Waals surface area (Å²) in [5.41, 5.74) is 3.73. The topological polar surface area (TPSA) is 84.1 Å². The molecule has 0 fully saturated rings. The first kappa shape index (κ1) is 12.5. The van der Waals surface area contributed by atoms with E-state index >= 15 is 0 Å². The summed E-state index contributed by atoms with van der Waals surface area (Å²) in [6.45, 7) is 0.546. The van der Waals surface area contributed by atoms with E-state index in [1.165, 1.54) is 12.4 Å². The van der Waals surface area contributed by atoms with Gasteiger partial charge in [0.05, 0.1) is 12.4 Å². The average molecular weight is 263 g/mol. The number of nitrogens with two attached hydrogens (primary N) is 1. The van der Waals surface area contributed by atoms with Crippen LogP contribution >= 0.6 is 11.3 Å². The van der Waals surface area contributed by atoms with Crippen molar-refractivity contribution in [1.29, 1.82) is 0 Å². The zero-order valence-electron chi connectivity index (χ0n) is 9.83. The highest BCUT2D eigenvalue weighted by Gasteiger charge is 2.14. The maximum absolute atomic E-state index is 12.1. The van der Waals surface area contributed by atoms with Gasteiger partial charge >= 0.3 is 0 Å². The van der Waals surface area contributed by atoms with Crippen molar-refractivity contribution in [1.82, 2.24) is 14.9 Å². The number of nitrogens with one attached hydrogen (secondary N) is 1. The van der Waals surface area contributed by atoms with E-state index in [-0.39, 0.29) is 11.6 Å². The average Bonchev–Trinajstić information content (AvgIpc) is 2.90. The second kappa shape index (κ2) is 5.56. The third-order valence-corrected chi connectivity index (χ3v) is 3.08. The van der Waals surface area contributed by atoms with Gasteiger partial charge in [0.1, 0.15) is 5.69 Å². The first-order valence-electron chi connectivity index (χ1n) is 5.26. The van der Waals surface area contributed by atoms with E-state index in [9.17, 15) is 4.79 Å². The van der Waals surface area contributed by atoms with Crippen molar-refractivity contribution < 1.29 is 4.79 Å². The van der Waals surface area contributed by atoms with Gasteiger partial charge in [-0.3, -0.25) is 9.78 Å². The summed E-state index contributed by atoms with van der Waals surface area (Å²) >= 11 is 1.60. The van der Waals surface area contributed by atoms with Crippen molar-refractivity contribution in [2.24, 2.45) is 5.84 Å². The van der Waals surface area contributed by atoms with Crippen LogP contribution in [0.1, 0.15) is 16.1 Å². The van der Waals surface area contributed by atoms with Gasteiger partial charge in [0, 0.05) is 13.6 Å². The Morgan fingerprint density at radius 3 is 3.06 bits per heavy atom. The molecule has 3 N–H and O–H groups in total. The number of aromatic nitrogens is 2. The molecule has 0 unspecified atom stereocenters. The number of anilines is 1. The molecule has 2 heterocycles. The molecule has 7 heteroatoms. The van der Waals surface area contributed by atoms with Crippen molar-refractivity contribution in [3.8, 4) is 0 Å². The maximum atomic E-state index is 12.1. The summed E-state index contributed by atoms with van der Waals surface area (Å²) in [6, 6.07) is 1.98. The first-order valence-corrected chi connectivity index (χ1v) is 6.20. The predicted octanol–water partition coefficient (Wildman–Crippen LogP) is 1.10. The molecule has 0 aromatic carbocycles. The zero-order valence-corrected chi connectivity index (χ0v) is 10.6. The molecule has 94 valence electrons. The number of carbonyl (C=O) groups excluding carboxylic acids is 1. The number of hydrogen-bond acceptors (Lipinski definition) is 6. The third-order valence-electron chi connectivity index (χ3n) is 2.35. The van der Waals surface area contributed by atoms with Gasteiger partial charge in [-0.1, -0.05) is 0 Å². The van der Waals surface area contributed by atoms with E-state index in [0.717, 1.165) is 5.56 Å². The molecule has 0 bridgehead atoms. The summed E-state index contributed by atoms with van der Waals surface area (Å²) in [5, 5.41) is 3.99. The van der Waals surface area contributed by atoms with E-state index in [1.807, 2.05) is 16.8 Å². The second-order valence-electron chi connectivity index (χ2n) is 3.73. The molecule has 2 rings (SSSR count). The Balaban J connectivity index is 2.10. The minimum absolute atomic E-state index is 0.189. The molecule has 0 spiro atoms. The molecule has 0 aliphatic rings. The number of hydrogen-bond donors (Lipinski definition) is 2. The van der Waals surface area contributed by atoms with Gasteiger partial charge in [-0.05, 0) is 22.4 Å². The lowest BCUT2D eigenvalue weighted by molar-refractivity contribution is 0.0779. The van der Waals surface area contributed by atoms with Crippen LogP contribution < -0.4 is 11.3 Å². The van der Waals surface area contributed by atoms with Crippen LogP contribution in [0.4, 0.5) is 5.82 Å². The largest absolute Gasteiger partial charge is 0.336 e. The Bertz CT molecular complexity index is 528. The number of thiophene rings is 1. The van der Waals surface area contributed by atoms with E-state index in [4.69, 9.17) is 5.84 Å². The van der Waals surface area contributed by atoms with Crippen LogP contribution in [0.25, 0.3) is 0 Å². The minimum atomic E-state index is -0.189. The van der Waals surface area contributed by atoms with Crippen LogP contribution in [0, 0.1) is 0 Å². The van der Waals surface area contributed by atoms with E-state index < -0.39 is 0 Å². The summed E-state index contributed by atoms with van der Waals surface area (Å²) in [6.07, 6.45) is 2.88. The van der Waals surface area contributed by atoms with E-state index in [1.54, 1.807) is 23.3 Å². The molecule has 2 aromatic heterocycles. The molecule has 1 amide bonds. The number of rotatable bonds is 4. The highest BCUT2D eigenvalue weighted by atomic mass is 32.1. The fourth-order valence-corrected chi connectivity index (χ4v) is 2.12. The van der Waals surface area contributed by atoms with Gasteiger partial charge in [0.15, 0.2) is 5.82 Å². The number of nitrogens with zero attached hydrogens (tertiary/aromatic N) is 3. The van der Waals surface area contributed by atoms with Crippen LogP contribution in [0.15, 0.2) is 29.2 Å². The summed E-state index contributed by atoms with van der Waals surface area (Å²) in [5.74, 6) is 5.41. The second-order valence-corrected chi connectivity index (χ2v) is 4.51. The number of carbonyl (C=O) groups is 1. The lowest BCUT2D eigenvalue weighted by Crippen LogP contribution is -2.27. The standard InChI is InChI=1S/C11H13N5OS/c1-16(6-8-2-3-18-7-8)11(17)9-4-13-5-10(14-9)15-12/h2-5,7H,6,12H2,1H3,(H,14,15).